The molecule has 4 heterocycles. The summed E-state index contributed by atoms with van der Waals surface area (Å²) in [6, 6.07) is -0.620. The minimum absolute atomic E-state index is 0.0743. The number of amides is 2. The van der Waals surface area contributed by atoms with Gasteiger partial charge in [-0.3, -0.25) is 14.5 Å². The van der Waals surface area contributed by atoms with Crippen LogP contribution in [0.5, 0.6) is 0 Å². The van der Waals surface area contributed by atoms with Crippen LogP contribution in [0.1, 0.15) is 5.69 Å². The molecule has 3 aliphatic heterocycles. The number of hydrogen-bond acceptors (Lipinski definition) is 8. The zero-order valence-electron chi connectivity index (χ0n) is 11.8. The first kappa shape index (κ1) is 14.5. The van der Waals surface area contributed by atoms with Crippen LogP contribution in [0.2, 0.25) is 0 Å². The van der Waals surface area contributed by atoms with Gasteiger partial charge in [0.15, 0.2) is 5.13 Å². The Kier molecular flexibility index (Phi) is 3.31. The molecule has 2 atom stereocenters. The number of nitrogens with one attached hydrogen (secondary N) is 1. The van der Waals surface area contributed by atoms with Gasteiger partial charge in [0.25, 0.3) is 5.91 Å². The van der Waals surface area contributed by atoms with E-state index in [1.807, 2.05) is 0 Å². The van der Waals surface area contributed by atoms with Gasteiger partial charge in [0, 0.05) is 16.7 Å². The second-order valence-electron chi connectivity index (χ2n) is 5.34. The molecule has 4 rings (SSSR count). The Morgan fingerprint density at radius 3 is 3.09 bits per heavy atom. The summed E-state index contributed by atoms with van der Waals surface area (Å²) in [5.74, 6) is -0.395. The van der Waals surface area contributed by atoms with Gasteiger partial charge in [-0.1, -0.05) is 0 Å². The van der Waals surface area contributed by atoms with Crippen molar-refractivity contribution in [1.82, 2.24) is 15.2 Å². The van der Waals surface area contributed by atoms with Crippen LogP contribution in [0.15, 0.2) is 16.7 Å². The van der Waals surface area contributed by atoms with Gasteiger partial charge in [0.05, 0.1) is 12.1 Å². The minimum atomic E-state index is -0.620. The lowest BCUT2D eigenvalue weighted by Gasteiger charge is -2.48. The van der Waals surface area contributed by atoms with Gasteiger partial charge in [-0.05, 0) is 0 Å². The number of rotatable bonds is 3. The molecule has 0 aliphatic carbocycles. The molecule has 0 aromatic carbocycles. The summed E-state index contributed by atoms with van der Waals surface area (Å²) in [6.07, 6.45) is 0.0743. The monoisotopic (exact) mass is 352 g/mol. The summed E-state index contributed by atoms with van der Waals surface area (Å²) in [5.41, 5.74) is 7.30. The number of fused-ring (bicyclic) bond motifs is 2. The summed E-state index contributed by atoms with van der Waals surface area (Å²) < 4.78 is 4.97. The zero-order valence-corrected chi connectivity index (χ0v) is 13.4. The Hall–Kier alpha value is -2.07. The lowest BCUT2D eigenvalue weighted by molar-refractivity contribution is -0.150. The molecule has 10 heteroatoms. The minimum Gasteiger partial charge on any atom is -0.456 e. The van der Waals surface area contributed by atoms with Crippen LogP contribution in [-0.4, -0.2) is 51.4 Å². The first-order chi connectivity index (χ1) is 11.0. The van der Waals surface area contributed by atoms with Crippen molar-refractivity contribution in [3.8, 4) is 0 Å². The fourth-order valence-corrected chi connectivity index (χ4v) is 4.69. The molecule has 8 nitrogen and oxygen atoms in total. The van der Waals surface area contributed by atoms with Crippen LogP contribution >= 0.6 is 23.1 Å². The molecule has 0 bridgehead atoms. The predicted octanol–water partition coefficient (Wildman–Crippen LogP) is -0.521. The Balaban J connectivity index is 1.43. The Bertz CT molecular complexity index is 759. The number of esters is 1. The first-order valence-electron chi connectivity index (χ1n) is 6.87. The highest BCUT2D eigenvalue weighted by Crippen LogP contribution is 2.42. The van der Waals surface area contributed by atoms with Crippen LogP contribution in [0.3, 0.4) is 0 Å². The van der Waals surface area contributed by atoms with E-state index in [-0.39, 0.29) is 30.2 Å². The smallest absolute Gasteiger partial charge is 0.355 e. The van der Waals surface area contributed by atoms with Crippen molar-refractivity contribution < 1.29 is 19.1 Å². The number of aromatic nitrogens is 1. The SMILES string of the molecule is Nc1nc(CC(=O)N[C@H]2C(=O)N3C4=C(COC4=O)CS[C@@H]23)cs1. The molecule has 2 amide bonds. The quantitative estimate of drug-likeness (QED) is 0.555. The van der Waals surface area contributed by atoms with Crippen molar-refractivity contribution in [3.05, 3.63) is 22.3 Å². The van der Waals surface area contributed by atoms with E-state index >= 15 is 0 Å². The van der Waals surface area contributed by atoms with E-state index in [0.717, 1.165) is 5.57 Å². The van der Waals surface area contributed by atoms with Crippen LogP contribution in [-0.2, 0) is 25.5 Å². The normalized spacial score (nSPS) is 25.7. The molecule has 23 heavy (non-hydrogen) atoms. The third-order valence-electron chi connectivity index (χ3n) is 3.85. The number of carbonyl (C=O) groups is 3. The Labute approximate surface area is 139 Å². The lowest BCUT2D eigenvalue weighted by atomic mass is 10.0. The van der Waals surface area contributed by atoms with Crippen molar-refractivity contribution >= 4 is 46.0 Å². The van der Waals surface area contributed by atoms with E-state index in [9.17, 15) is 14.4 Å². The van der Waals surface area contributed by atoms with Gasteiger partial charge >= 0.3 is 5.97 Å². The summed E-state index contributed by atoms with van der Waals surface area (Å²) >= 11 is 2.79. The second-order valence-corrected chi connectivity index (χ2v) is 7.33. The maximum Gasteiger partial charge on any atom is 0.355 e. The highest BCUT2D eigenvalue weighted by molar-refractivity contribution is 8.00. The number of thioether (sulfide) groups is 1. The number of anilines is 1. The van der Waals surface area contributed by atoms with Crippen LogP contribution in [0, 0.1) is 0 Å². The number of cyclic esters (lactones) is 1. The maximum atomic E-state index is 12.3. The Morgan fingerprint density at radius 2 is 2.35 bits per heavy atom. The first-order valence-corrected chi connectivity index (χ1v) is 8.80. The van der Waals surface area contributed by atoms with Gasteiger partial charge in [-0.25, -0.2) is 9.78 Å². The van der Waals surface area contributed by atoms with Crippen molar-refractivity contribution in [1.29, 1.82) is 0 Å². The molecule has 1 fully saturated rings. The molecule has 0 spiro atoms. The molecule has 0 radical (unpaired) electrons. The fourth-order valence-electron chi connectivity index (χ4n) is 2.80. The summed E-state index contributed by atoms with van der Waals surface area (Å²) in [4.78, 5) is 41.5. The van der Waals surface area contributed by atoms with Gasteiger partial charge in [-0.2, -0.15) is 0 Å². The van der Waals surface area contributed by atoms with E-state index in [2.05, 4.69) is 10.3 Å². The average Bonchev–Trinajstić information content (AvgIpc) is 3.10. The van der Waals surface area contributed by atoms with E-state index in [1.165, 1.54) is 28.0 Å². The number of nitrogen functional groups attached to an aromatic ring is 1. The number of nitrogens with zero attached hydrogens (tertiary/aromatic N) is 2. The lowest BCUT2D eigenvalue weighted by Crippen LogP contribution is -2.70. The topological polar surface area (TPSA) is 115 Å². The van der Waals surface area contributed by atoms with Crippen molar-refractivity contribution in [3.63, 3.8) is 0 Å². The number of ether oxygens (including phenoxy) is 1. The number of thiazole rings is 1. The molecule has 1 aromatic heterocycles. The molecule has 3 aliphatic rings. The van der Waals surface area contributed by atoms with E-state index in [4.69, 9.17) is 10.5 Å². The molecule has 1 saturated heterocycles. The highest BCUT2D eigenvalue weighted by atomic mass is 32.2. The molecule has 0 unspecified atom stereocenters. The molecule has 3 N–H and O–H groups in total. The van der Waals surface area contributed by atoms with Gasteiger partial charge < -0.3 is 15.8 Å². The molecule has 0 saturated carbocycles. The number of β-lactam (4-membered cyclic amide) rings is 1. The van der Waals surface area contributed by atoms with Gasteiger partial charge in [0.2, 0.25) is 5.91 Å². The van der Waals surface area contributed by atoms with Crippen molar-refractivity contribution in [2.75, 3.05) is 18.1 Å². The maximum absolute atomic E-state index is 12.3. The summed E-state index contributed by atoms with van der Waals surface area (Å²) in [5, 5.41) is 4.58. The highest BCUT2D eigenvalue weighted by Gasteiger charge is 2.55. The third-order valence-corrected chi connectivity index (χ3v) is 5.91. The van der Waals surface area contributed by atoms with Crippen LogP contribution in [0.4, 0.5) is 5.13 Å². The fraction of sp³-hybridized carbons (Fsp3) is 0.385. The third kappa shape index (κ3) is 2.29. The zero-order chi connectivity index (χ0) is 16.1. The summed E-state index contributed by atoms with van der Waals surface area (Å²) in [7, 11) is 0. The molecule has 1 aromatic rings. The largest absolute Gasteiger partial charge is 0.456 e. The summed E-state index contributed by atoms with van der Waals surface area (Å²) in [6.45, 7) is 0.250. The van der Waals surface area contributed by atoms with Crippen molar-refractivity contribution in [2.45, 2.75) is 17.8 Å². The molecule has 120 valence electrons. The van der Waals surface area contributed by atoms with E-state index < -0.39 is 12.0 Å². The standard InChI is InChI=1S/C13H12N4O4S2/c14-13-15-6(4-23-13)1-7(18)16-8-10(19)17-9-5(2-21-12(9)20)3-22-11(8)17/h4,8,11H,1-3H2,(H2,14,15)(H,16,18)/t8-,11-/m0/s1. The van der Waals surface area contributed by atoms with Crippen molar-refractivity contribution in [2.24, 2.45) is 0 Å². The molecular formula is C13H12N4O4S2. The van der Waals surface area contributed by atoms with Gasteiger partial charge in [0.1, 0.15) is 23.7 Å². The molecular weight excluding hydrogens is 340 g/mol. The average molecular weight is 352 g/mol. The second kappa shape index (κ2) is 5.24. The predicted molar refractivity (Wildman–Crippen MR) is 83.2 cm³/mol. The number of nitrogens with two attached hydrogens (primary N) is 1. The number of carbonyl (C=O) groups excluding carboxylic acids is 3. The van der Waals surface area contributed by atoms with Gasteiger partial charge in [-0.15, -0.1) is 23.1 Å². The van der Waals surface area contributed by atoms with Crippen LogP contribution in [0.25, 0.3) is 0 Å². The Morgan fingerprint density at radius 1 is 1.52 bits per heavy atom. The van der Waals surface area contributed by atoms with E-state index in [1.54, 1.807) is 5.38 Å². The number of hydrogen-bond donors (Lipinski definition) is 2. The van der Waals surface area contributed by atoms with Crippen LogP contribution < -0.4 is 11.1 Å². The van der Waals surface area contributed by atoms with E-state index in [0.29, 0.717) is 22.3 Å².